The van der Waals surface area contributed by atoms with Gasteiger partial charge in [-0.2, -0.15) is 9.57 Å². The summed E-state index contributed by atoms with van der Waals surface area (Å²) in [5.41, 5.74) is 1.91. The van der Waals surface area contributed by atoms with Crippen molar-refractivity contribution in [3.05, 3.63) is 45.8 Å². The molecule has 0 unspecified atom stereocenters. The van der Waals surface area contributed by atoms with E-state index in [0.29, 0.717) is 29.2 Å². The largest absolute Gasteiger partial charge is 0.312 e. The van der Waals surface area contributed by atoms with E-state index in [9.17, 15) is 18.5 Å². The first-order valence-electron chi connectivity index (χ1n) is 10.5. The molecule has 3 rings (SSSR count). The third kappa shape index (κ3) is 4.99. The molecule has 1 amide bonds. The summed E-state index contributed by atoms with van der Waals surface area (Å²) in [5, 5.41) is 13.0. The number of carbonyl (C=O) groups is 1. The topological polar surface area (TPSA) is 93.5 Å². The van der Waals surface area contributed by atoms with Crippen molar-refractivity contribution in [1.29, 1.82) is 5.26 Å². The fraction of sp³-hybridized carbons (Fsp3) is 0.455. The second kappa shape index (κ2) is 9.92. The number of benzene rings is 1. The smallest absolute Gasteiger partial charge is 0.256 e. The number of anilines is 1. The number of hydrogen-bond acceptors (Lipinski definition) is 6. The van der Waals surface area contributed by atoms with Gasteiger partial charge in [0.25, 0.3) is 5.91 Å². The van der Waals surface area contributed by atoms with Crippen LogP contribution in [-0.2, 0) is 23.0 Å². The Hall–Kier alpha value is -2.25. The number of likely N-dealkylation sites (N-methyl/N-ethyl adjacent to an activating group) is 1. The highest BCUT2D eigenvalue weighted by atomic mass is 32.2. The van der Waals surface area contributed by atoms with Gasteiger partial charge in [0, 0.05) is 36.6 Å². The minimum absolute atomic E-state index is 0.175. The summed E-state index contributed by atoms with van der Waals surface area (Å²) in [6.45, 7) is 6.37. The predicted octanol–water partition coefficient (Wildman–Crippen LogP) is 3.67. The normalized spacial score (nSPS) is 14.3. The second-order valence-corrected chi connectivity index (χ2v) is 10.7. The molecule has 2 heterocycles. The van der Waals surface area contributed by atoms with Gasteiger partial charge in [-0.1, -0.05) is 20.3 Å². The van der Waals surface area contributed by atoms with Gasteiger partial charge >= 0.3 is 0 Å². The second-order valence-electron chi connectivity index (χ2n) is 7.64. The van der Waals surface area contributed by atoms with E-state index in [0.717, 1.165) is 42.8 Å². The monoisotopic (exact) mass is 460 g/mol. The standard InChI is InChI=1S/C22H28N4O3S2/c1-4-6-12-26(5-2)31(28,29)17-9-7-16(8-10-17)21(27)24-22-19(14-23)18-11-13-25(3)15-20(18)30-22/h7-10H,4-6,11-13,15H2,1-3H3,(H,24,27). The van der Waals surface area contributed by atoms with Crippen molar-refractivity contribution in [3.8, 4) is 6.07 Å². The van der Waals surface area contributed by atoms with Crippen LogP contribution in [0.2, 0.25) is 0 Å². The third-order valence-electron chi connectivity index (χ3n) is 5.45. The molecule has 0 radical (unpaired) electrons. The Kier molecular flexibility index (Phi) is 7.49. The zero-order valence-electron chi connectivity index (χ0n) is 18.1. The molecule has 1 aromatic carbocycles. The van der Waals surface area contributed by atoms with Gasteiger partial charge in [-0.05, 0) is 49.7 Å². The molecule has 0 spiro atoms. The molecule has 0 saturated carbocycles. The minimum Gasteiger partial charge on any atom is -0.312 e. The van der Waals surface area contributed by atoms with Crippen LogP contribution in [0.3, 0.4) is 0 Å². The summed E-state index contributed by atoms with van der Waals surface area (Å²) < 4.78 is 27.2. The van der Waals surface area contributed by atoms with E-state index in [1.54, 1.807) is 0 Å². The molecular formula is C22H28N4O3S2. The van der Waals surface area contributed by atoms with Crippen molar-refractivity contribution in [2.75, 3.05) is 32.0 Å². The maximum atomic E-state index is 12.9. The Morgan fingerprint density at radius 1 is 1.29 bits per heavy atom. The highest BCUT2D eigenvalue weighted by molar-refractivity contribution is 7.89. The molecule has 1 aromatic heterocycles. The Labute approximate surface area is 188 Å². The maximum Gasteiger partial charge on any atom is 0.256 e. The molecule has 0 atom stereocenters. The average Bonchev–Trinajstić information content (AvgIpc) is 3.09. The summed E-state index contributed by atoms with van der Waals surface area (Å²) in [6.07, 6.45) is 2.51. The first-order valence-corrected chi connectivity index (χ1v) is 12.7. The molecule has 2 aromatic rings. The number of hydrogen-bond donors (Lipinski definition) is 1. The molecular weight excluding hydrogens is 432 g/mol. The number of nitrogens with one attached hydrogen (secondary N) is 1. The summed E-state index contributed by atoms with van der Waals surface area (Å²) in [6, 6.07) is 8.21. The van der Waals surface area contributed by atoms with Crippen molar-refractivity contribution in [2.45, 2.75) is 44.6 Å². The lowest BCUT2D eigenvalue weighted by Gasteiger charge is -2.21. The van der Waals surface area contributed by atoms with Gasteiger partial charge in [0.1, 0.15) is 11.1 Å². The van der Waals surface area contributed by atoms with E-state index >= 15 is 0 Å². The highest BCUT2D eigenvalue weighted by Gasteiger charge is 2.25. The molecule has 0 fully saturated rings. The highest BCUT2D eigenvalue weighted by Crippen LogP contribution is 2.36. The zero-order valence-corrected chi connectivity index (χ0v) is 19.8. The van der Waals surface area contributed by atoms with Crippen molar-refractivity contribution >= 4 is 32.3 Å². The van der Waals surface area contributed by atoms with Crippen LogP contribution < -0.4 is 5.32 Å². The molecule has 0 bridgehead atoms. The van der Waals surface area contributed by atoms with Gasteiger partial charge in [0.05, 0.1) is 10.5 Å². The molecule has 7 nitrogen and oxygen atoms in total. The number of fused-ring (bicyclic) bond motifs is 1. The van der Waals surface area contributed by atoms with Crippen LogP contribution >= 0.6 is 11.3 Å². The molecule has 9 heteroatoms. The number of carbonyl (C=O) groups excluding carboxylic acids is 1. The number of unbranched alkanes of at least 4 members (excludes halogenated alkanes) is 1. The third-order valence-corrected chi connectivity index (χ3v) is 8.58. The number of rotatable bonds is 8. The first kappa shape index (κ1) is 23.4. The lowest BCUT2D eigenvalue weighted by atomic mass is 10.0. The first-order chi connectivity index (χ1) is 14.8. The van der Waals surface area contributed by atoms with Crippen LogP contribution in [0.15, 0.2) is 29.2 Å². The SMILES string of the molecule is CCCCN(CC)S(=O)(=O)c1ccc(C(=O)Nc2sc3c(c2C#N)CCN(C)C3)cc1. The number of nitrogens with zero attached hydrogens (tertiary/aromatic N) is 3. The van der Waals surface area contributed by atoms with E-state index in [2.05, 4.69) is 16.3 Å². The average molecular weight is 461 g/mol. The molecule has 166 valence electrons. The van der Waals surface area contributed by atoms with Gasteiger partial charge < -0.3 is 10.2 Å². The van der Waals surface area contributed by atoms with Gasteiger partial charge in [-0.3, -0.25) is 4.79 Å². The van der Waals surface area contributed by atoms with Crippen LogP contribution in [0.4, 0.5) is 5.00 Å². The summed E-state index contributed by atoms with van der Waals surface area (Å²) >= 11 is 1.44. The van der Waals surface area contributed by atoms with Crippen molar-refractivity contribution < 1.29 is 13.2 Å². The van der Waals surface area contributed by atoms with E-state index in [1.807, 2.05) is 20.9 Å². The fourth-order valence-corrected chi connectivity index (χ4v) is 6.38. The van der Waals surface area contributed by atoms with Crippen LogP contribution in [-0.4, -0.2) is 50.2 Å². The molecule has 0 saturated heterocycles. The molecule has 1 N–H and O–H groups in total. The Balaban J connectivity index is 1.78. The minimum atomic E-state index is -3.59. The number of thiophene rings is 1. The van der Waals surface area contributed by atoms with Crippen LogP contribution in [0.1, 0.15) is 53.1 Å². The van der Waals surface area contributed by atoms with E-state index in [-0.39, 0.29) is 10.8 Å². The number of amides is 1. The van der Waals surface area contributed by atoms with Crippen molar-refractivity contribution in [1.82, 2.24) is 9.21 Å². The van der Waals surface area contributed by atoms with E-state index in [1.165, 1.54) is 39.9 Å². The van der Waals surface area contributed by atoms with E-state index < -0.39 is 10.0 Å². The van der Waals surface area contributed by atoms with Gasteiger partial charge in [-0.25, -0.2) is 8.42 Å². The summed E-state index contributed by atoms with van der Waals surface area (Å²) in [5.74, 6) is -0.356. The van der Waals surface area contributed by atoms with Crippen LogP contribution in [0.25, 0.3) is 0 Å². The van der Waals surface area contributed by atoms with Crippen LogP contribution in [0.5, 0.6) is 0 Å². The number of sulfonamides is 1. The van der Waals surface area contributed by atoms with Crippen molar-refractivity contribution in [3.63, 3.8) is 0 Å². The molecule has 1 aliphatic rings. The number of nitriles is 1. The summed E-state index contributed by atoms with van der Waals surface area (Å²) in [7, 11) is -1.55. The van der Waals surface area contributed by atoms with Gasteiger partial charge in [-0.15, -0.1) is 11.3 Å². The molecule has 0 aliphatic carbocycles. The van der Waals surface area contributed by atoms with Gasteiger partial charge in [0.15, 0.2) is 0 Å². The molecule has 1 aliphatic heterocycles. The van der Waals surface area contributed by atoms with Crippen molar-refractivity contribution in [2.24, 2.45) is 0 Å². The van der Waals surface area contributed by atoms with Crippen LogP contribution in [0, 0.1) is 11.3 Å². The van der Waals surface area contributed by atoms with Gasteiger partial charge in [0.2, 0.25) is 10.0 Å². The summed E-state index contributed by atoms with van der Waals surface area (Å²) in [4.78, 5) is 16.2. The Bertz CT molecular complexity index is 1090. The Morgan fingerprint density at radius 2 is 2.00 bits per heavy atom. The van der Waals surface area contributed by atoms with E-state index in [4.69, 9.17) is 0 Å². The zero-order chi connectivity index (χ0) is 22.6. The lowest BCUT2D eigenvalue weighted by molar-refractivity contribution is 0.102. The lowest BCUT2D eigenvalue weighted by Crippen LogP contribution is -2.31. The predicted molar refractivity (Wildman–Crippen MR) is 123 cm³/mol. The maximum absolute atomic E-state index is 12.9. The fourth-order valence-electron chi connectivity index (χ4n) is 3.62. The Morgan fingerprint density at radius 3 is 2.61 bits per heavy atom. The quantitative estimate of drug-likeness (QED) is 0.649. The molecule has 31 heavy (non-hydrogen) atoms.